The maximum Gasteiger partial charge on any atom is 0.573 e. The number of nitrogens with zero attached hydrogens (tertiary/aromatic N) is 3. The van der Waals surface area contributed by atoms with Crippen LogP contribution in [0.2, 0.25) is 0 Å². The molecular weight excluding hydrogens is 454 g/mol. The van der Waals surface area contributed by atoms with Gasteiger partial charge in [-0.3, -0.25) is 0 Å². The predicted molar refractivity (Wildman–Crippen MR) is 89.6 cm³/mol. The number of fused-ring (bicyclic) bond motifs is 1. The molecule has 0 aliphatic heterocycles. The lowest BCUT2D eigenvalue weighted by atomic mass is 10.2. The minimum Gasteiger partial charge on any atom is -0.465 e. The van der Waals surface area contributed by atoms with Crippen molar-refractivity contribution < 1.29 is 27.4 Å². The molecule has 0 amide bonds. The number of hydrogen-bond acceptors (Lipinski definition) is 5. The fraction of sp³-hybridized carbons (Fsp3) is 0.133. The third-order valence-corrected chi connectivity index (χ3v) is 4.00. The molecule has 0 atom stereocenters. The van der Waals surface area contributed by atoms with Crippen LogP contribution in [0.3, 0.4) is 0 Å². The fourth-order valence-electron chi connectivity index (χ4n) is 2.25. The molecule has 0 N–H and O–H groups in total. The first-order valence-corrected chi connectivity index (χ1v) is 7.86. The Bertz CT molecular complexity index is 939. The Kier molecular flexibility index (Phi) is 4.54. The van der Waals surface area contributed by atoms with Crippen molar-refractivity contribution in [3.05, 3.63) is 45.8 Å². The minimum atomic E-state index is -4.76. The van der Waals surface area contributed by atoms with Crippen LogP contribution in [0.1, 0.15) is 10.4 Å². The highest BCUT2D eigenvalue weighted by atomic mass is 127. The molecular formula is C15H9F3IN3O3. The van der Waals surface area contributed by atoms with Gasteiger partial charge in [-0.1, -0.05) is 0 Å². The first kappa shape index (κ1) is 17.5. The van der Waals surface area contributed by atoms with Crippen molar-refractivity contribution in [2.75, 3.05) is 7.11 Å². The summed E-state index contributed by atoms with van der Waals surface area (Å²) >= 11 is 1.95. The number of carbonyl (C=O) groups excluding carboxylic acids is 1. The Morgan fingerprint density at radius 1 is 1.20 bits per heavy atom. The van der Waals surface area contributed by atoms with Crippen molar-refractivity contribution in [3.8, 4) is 11.4 Å². The molecule has 130 valence electrons. The lowest BCUT2D eigenvalue weighted by Crippen LogP contribution is -2.17. The SMILES string of the molecule is COC(=O)c1ccnc2c1c(I)nn2-c1ccc(OC(F)(F)F)cc1. The molecule has 10 heteroatoms. The van der Waals surface area contributed by atoms with Crippen molar-refractivity contribution in [2.24, 2.45) is 0 Å². The number of aromatic nitrogens is 3. The lowest BCUT2D eigenvalue weighted by molar-refractivity contribution is -0.274. The molecule has 0 spiro atoms. The van der Waals surface area contributed by atoms with E-state index in [1.165, 1.54) is 48.3 Å². The zero-order chi connectivity index (χ0) is 18.2. The van der Waals surface area contributed by atoms with Gasteiger partial charge in [-0.15, -0.1) is 13.2 Å². The van der Waals surface area contributed by atoms with Gasteiger partial charge >= 0.3 is 12.3 Å². The molecule has 0 bridgehead atoms. The highest BCUT2D eigenvalue weighted by Crippen LogP contribution is 2.27. The molecule has 0 unspecified atom stereocenters. The Balaban J connectivity index is 2.06. The van der Waals surface area contributed by atoms with Gasteiger partial charge in [0.05, 0.1) is 23.7 Å². The smallest absolute Gasteiger partial charge is 0.465 e. The number of pyridine rings is 1. The highest BCUT2D eigenvalue weighted by molar-refractivity contribution is 14.1. The summed E-state index contributed by atoms with van der Waals surface area (Å²) in [4.78, 5) is 16.1. The van der Waals surface area contributed by atoms with Crippen LogP contribution in [0.25, 0.3) is 16.7 Å². The number of methoxy groups -OCH3 is 1. The monoisotopic (exact) mass is 463 g/mol. The van der Waals surface area contributed by atoms with Crippen LogP contribution < -0.4 is 4.74 Å². The van der Waals surface area contributed by atoms with Crippen molar-refractivity contribution in [1.29, 1.82) is 0 Å². The molecule has 0 aliphatic carbocycles. The largest absolute Gasteiger partial charge is 0.573 e. The van der Waals surface area contributed by atoms with E-state index in [1.54, 1.807) is 0 Å². The van der Waals surface area contributed by atoms with E-state index in [1.807, 2.05) is 22.6 Å². The average Bonchev–Trinajstić information content (AvgIpc) is 2.90. The first-order chi connectivity index (χ1) is 11.8. The summed E-state index contributed by atoms with van der Waals surface area (Å²) in [7, 11) is 1.27. The van der Waals surface area contributed by atoms with Crippen molar-refractivity contribution in [3.63, 3.8) is 0 Å². The molecule has 1 aromatic carbocycles. The Morgan fingerprint density at radius 3 is 2.48 bits per heavy atom. The third-order valence-electron chi connectivity index (χ3n) is 3.25. The van der Waals surface area contributed by atoms with Gasteiger partial charge in [-0.2, -0.15) is 5.10 Å². The van der Waals surface area contributed by atoms with Gasteiger partial charge in [0.15, 0.2) is 5.65 Å². The quantitative estimate of drug-likeness (QED) is 0.438. The van der Waals surface area contributed by atoms with Gasteiger partial charge in [0.25, 0.3) is 0 Å². The Morgan fingerprint density at radius 2 is 1.88 bits per heavy atom. The van der Waals surface area contributed by atoms with Crippen molar-refractivity contribution in [1.82, 2.24) is 14.8 Å². The van der Waals surface area contributed by atoms with E-state index in [-0.39, 0.29) is 5.75 Å². The molecule has 25 heavy (non-hydrogen) atoms. The standard InChI is InChI=1S/C15H9F3IN3O3/c1-24-14(23)10-6-7-20-13-11(10)12(19)21-22(13)8-2-4-9(5-3-8)25-15(16,17)18/h2-7H,1H3. The second kappa shape index (κ2) is 6.50. The highest BCUT2D eigenvalue weighted by Gasteiger charge is 2.31. The second-order valence-electron chi connectivity index (χ2n) is 4.79. The molecule has 0 aliphatic rings. The Hall–Kier alpha value is -2.37. The van der Waals surface area contributed by atoms with Crippen molar-refractivity contribution in [2.45, 2.75) is 6.36 Å². The zero-order valence-corrected chi connectivity index (χ0v) is 14.7. The summed E-state index contributed by atoms with van der Waals surface area (Å²) in [5.74, 6) is -0.871. The van der Waals surface area contributed by atoms with E-state index in [0.717, 1.165) is 0 Å². The van der Waals surface area contributed by atoms with E-state index < -0.39 is 12.3 Å². The molecule has 2 heterocycles. The van der Waals surface area contributed by atoms with Gasteiger partial charge in [-0.05, 0) is 52.9 Å². The number of halogens is 4. The maximum absolute atomic E-state index is 12.2. The Labute approximate surface area is 152 Å². The maximum atomic E-state index is 12.2. The summed E-state index contributed by atoms with van der Waals surface area (Å²) in [5, 5.41) is 4.82. The number of ether oxygens (including phenoxy) is 2. The van der Waals surface area contributed by atoms with Crippen LogP contribution in [0.15, 0.2) is 36.5 Å². The molecule has 0 radical (unpaired) electrons. The summed E-state index contributed by atoms with van der Waals surface area (Å²) in [6, 6.07) is 6.69. The minimum absolute atomic E-state index is 0.306. The van der Waals surface area contributed by atoms with Gasteiger partial charge in [0.1, 0.15) is 9.45 Å². The number of hydrogen-bond donors (Lipinski definition) is 0. The molecule has 3 aromatic rings. The normalized spacial score (nSPS) is 11.6. The van der Waals surface area contributed by atoms with Crippen LogP contribution in [0, 0.1) is 3.70 Å². The van der Waals surface area contributed by atoms with Crippen LogP contribution >= 0.6 is 22.6 Å². The fourth-order valence-corrected chi connectivity index (χ4v) is 3.00. The number of rotatable bonds is 3. The lowest BCUT2D eigenvalue weighted by Gasteiger charge is -2.09. The number of alkyl halides is 3. The van der Waals surface area contributed by atoms with E-state index in [0.29, 0.717) is 26.0 Å². The molecule has 3 rings (SSSR count). The third kappa shape index (κ3) is 3.52. The summed E-state index contributed by atoms with van der Waals surface area (Å²) in [6.07, 6.45) is -3.32. The molecule has 0 fully saturated rings. The summed E-state index contributed by atoms with van der Waals surface area (Å²) < 4.78 is 47.2. The van der Waals surface area contributed by atoms with Crippen LogP contribution in [-0.4, -0.2) is 34.2 Å². The second-order valence-corrected chi connectivity index (χ2v) is 5.81. The summed E-state index contributed by atoms with van der Waals surface area (Å²) in [5.41, 5.74) is 1.16. The van der Waals surface area contributed by atoms with Crippen LogP contribution in [0.5, 0.6) is 5.75 Å². The van der Waals surface area contributed by atoms with Crippen molar-refractivity contribution >= 4 is 39.6 Å². The van der Waals surface area contributed by atoms with E-state index >= 15 is 0 Å². The zero-order valence-electron chi connectivity index (χ0n) is 12.5. The molecule has 6 nitrogen and oxygen atoms in total. The number of carbonyl (C=O) groups is 1. The van der Waals surface area contributed by atoms with E-state index in [4.69, 9.17) is 4.74 Å². The van der Waals surface area contributed by atoms with Crippen LogP contribution in [-0.2, 0) is 4.74 Å². The topological polar surface area (TPSA) is 66.2 Å². The van der Waals surface area contributed by atoms with Gasteiger partial charge in [0.2, 0.25) is 0 Å². The molecule has 2 aromatic heterocycles. The van der Waals surface area contributed by atoms with E-state index in [9.17, 15) is 18.0 Å². The number of benzene rings is 1. The summed E-state index contributed by atoms with van der Waals surface area (Å²) in [6.45, 7) is 0. The first-order valence-electron chi connectivity index (χ1n) is 6.78. The molecule has 0 saturated heterocycles. The average molecular weight is 463 g/mol. The van der Waals surface area contributed by atoms with Gasteiger partial charge in [-0.25, -0.2) is 14.5 Å². The van der Waals surface area contributed by atoms with Gasteiger partial charge < -0.3 is 9.47 Å². The van der Waals surface area contributed by atoms with Gasteiger partial charge in [0, 0.05) is 6.20 Å². The molecule has 0 saturated carbocycles. The van der Waals surface area contributed by atoms with Crippen LogP contribution in [0.4, 0.5) is 13.2 Å². The van der Waals surface area contributed by atoms with E-state index in [2.05, 4.69) is 14.8 Å². The predicted octanol–water partition coefficient (Wildman–Crippen LogP) is 3.71. The number of esters is 1.